The second-order valence-corrected chi connectivity index (χ2v) is 10.4. The summed E-state index contributed by atoms with van der Waals surface area (Å²) in [6.45, 7) is 5.57. The van der Waals surface area contributed by atoms with Crippen LogP contribution >= 0.6 is 25.8 Å². The van der Waals surface area contributed by atoms with E-state index in [1.165, 1.54) is 11.4 Å². The van der Waals surface area contributed by atoms with Crippen LogP contribution in [0.2, 0.25) is 0 Å². The van der Waals surface area contributed by atoms with Crippen molar-refractivity contribution in [3.8, 4) is 0 Å². The average molecular weight is 362 g/mol. The molecule has 0 bridgehead atoms. The molecule has 0 aliphatic rings. The molecule has 0 rings (SSSR count). The SMILES string of the molecule is CCOP(=O)(CCCCSP(=O)(OCC)OCC)OCC. The summed E-state index contributed by atoms with van der Waals surface area (Å²) >= 11 is 1.19. The first-order valence-corrected chi connectivity index (χ1v) is 12.2. The van der Waals surface area contributed by atoms with E-state index in [9.17, 15) is 9.13 Å². The Morgan fingerprint density at radius 1 is 0.762 bits per heavy atom. The molecular weight excluding hydrogens is 334 g/mol. The van der Waals surface area contributed by atoms with Crippen LogP contribution in [0.1, 0.15) is 40.5 Å². The maximum absolute atomic E-state index is 12.2. The summed E-state index contributed by atoms with van der Waals surface area (Å²) < 4.78 is 45.2. The average Bonchev–Trinajstić information content (AvgIpc) is 2.39. The normalized spacial score (nSPS) is 12.8. The van der Waals surface area contributed by atoms with Gasteiger partial charge >= 0.3 is 14.4 Å². The lowest BCUT2D eigenvalue weighted by Gasteiger charge is -2.17. The largest absolute Gasteiger partial charge is 0.389 e. The van der Waals surface area contributed by atoms with Gasteiger partial charge in [0.1, 0.15) is 0 Å². The molecule has 0 aromatic rings. The molecule has 6 nitrogen and oxygen atoms in total. The maximum atomic E-state index is 12.2. The molecule has 0 fully saturated rings. The van der Waals surface area contributed by atoms with Gasteiger partial charge in [-0.3, -0.25) is 4.57 Å². The fourth-order valence-electron chi connectivity index (χ4n) is 1.57. The lowest BCUT2D eigenvalue weighted by Crippen LogP contribution is -2.01. The molecule has 21 heavy (non-hydrogen) atoms. The molecule has 0 aliphatic carbocycles. The summed E-state index contributed by atoms with van der Waals surface area (Å²) in [5.41, 5.74) is 0. The van der Waals surface area contributed by atoms with Crippen molar-refractivity contribution < 1.29 is 27.2 Å². The molecule has 0 saturated carbocycles. The van der Waals surface area contributed by atoms with Gasteiger partial charge in [-0.2, -0.15) is 0 Å². The van der Waals surface area contributed by atoms with E-state index in [2.05, 4.69) is 0 Å². The van der Waals surface area contributed by atoms with Crippen molar-refractivity contribution in [1.29, 1.82) is 0 Å². The highest BCUT2D eigenvalue weighted by molar-refractivity contribution is 8.55. The Labute approximate surface area is 132 Å². The van der Waals surface area contributed by atoms with E-state index < -0.39 is 14.4 Å². The van der Waals surface area contributed by atoms with Gasteiger partial charge in [0.2, 0.25) is 0 Å². The van der Waals surface area contributed by atoms with E-state index in [1.54, 1.807) is 27.7 Å². The topological polar surface area (TPSA) is 71.1 Å². The van der Waals surface area contributed by atoms with Gasteiger partial charge in [0.05, 0.1) is 32.6 Å². The Kier molecular flexibility index (Phi) is 12.5. The zero-order chi connectivity index (χ0) is 16.2. The highest BCUT2D eigenvalue weighted by Crippen LogP contribution is 2.60. The minimum Gasteiger partial charge on any atom is -0.309 e. The van der Waals surface area contributed by atoms with Gasteiger partial charge in [0, 0.05) is 5.75 Å². The van der Waals surface area contributed by atoms with Gasteiger partial charge in [-0.15, -0.1) is 0 Å². The molecule has 0 atom stereocenters. The first kappa shape index (κ1) is 21.6. The van der Waals surface area contributed by atoms with E-state index in [-0.39, 0.29) is 0 Å². The molecule has 9 heteroatoms. The van der Waals surface area contributed by atoms with Crippen LogP contribution in [0.3, 0.4) is 0 Å². The quantitative estimate of drug-likeness (QED) is 0.320. The van der Waals surface area contributed by atoms with Crippen molar-refractivity contribution in [2.75, 3.05) is 38.3 Å². The highest BCUT2D eigenvalue weighted by Gasteiger charge is 2.25. The van der Waals surface area contributed by atoms with Crippen LogP contribution in [0.5, 0.6) is 0 Å². The summed E-state index contributed by atoms with van der Waals surface area (Å²) in [6, 6.07) is 0. The highest BCUT2D eigenvalue weighted by atomic mass is 32.7. The van der Waals surface area contributed by atoms with Crippen LogP contribution in [0.15, 0.2) is 0 Å². The van der Waals surface area contributed by atoms with Gasteiger partial charge in [0.15, 0.2) is 0 Å². The van der Waals surface area contributed by atoms with E-state index >= 15 is 0 Å². The second kappa shape index (κ2) is 12.1. The van der Waals surface area contributed by atoms with Crippen molar-refractivity contribution in [3.05, 3.63) is 0 Å². The van der Waals surface area contributed by atoms with Crippen molar-refractivity contribution >= 4 is 25.8 Å². The van der Waals surface area contributed by atoms with Crippen LogP contribution in [0.4, 0.5) is 0 Å². The minimum atomic E-state index is -3.04. The summed E-state index contributed by atoms with van der Waals surface area (Å²) in [6.07, 6.45) is 1.81. The van der Waals surface area contributed by atoms with E-state index in [0.29, 0.717) is 44.8 Å². The van der Waals surface area contributed by atoms with Crippen LogP contribution in [-0.2, 0) is 27.2 Å². The lowest BCUT2D eigenvalue weighted by atomic mass is 10.4. The molecule has 0 spiro atoms. The second-order valence-electron chi connectivity index (χ2n) is 3.99. The third-order valence-electron chi connectivity index (χ3n) is 2.30. The maximum Gasteiger partial charge on any atom is 0.389 e. The molecule has 0 N–H and O–H groups in total. The van der Waals surface area contributed by atoms with E-state index in [4.69, 9.17) is 18.1 Å². The molecule has 0 aromatic heterocycles. The third-order valence-corrected chi connectivity index (χ3v) is 8.53. The molecule has 128 valence electrons. The monoisotopic (exact) mass is 362 g/mol. The molecule has 0 saturated heterocycles. The van der Waals surface area contributed by atoms with Crippen molar-refractivity contribution in [2.45, 2.75) is 40.5 Å². The Morgan fingerprint density at radius 2 is 1.24 bits per heavy atom. The summed E-state index contributed by atoms with van der Waals surface area (Å²) in [5.74, 6) is 0.621. The Morgan fingerprint density at radius 3 is 1.67 bits per heavy atom. The third kappa shape index (κ3) is 10.1. The van der Waals surface area contributed by atoms with Gasteiger partial charge in [-0.25, -0.2) is 4.57 Å². The molecule has 0 aromatic carbocycles. The van der Waals surface area contributed by atoms with Crippen LogP contribution in [0, 0.1) is 0 Å². The van der Waals surface area contributed by atoms with E-state index in [0.717, 1.165) is 6.42 Å². The molecule has 0 unspecified atom stereocenters. The van der Waals surface area contributed by atoms with Crippen molar-refractivity contribution in [1.82, 2.24) is 0 Å². The lowest BCUT2D eigenvalue weighted by molar-refractivity contribution is 0.219. The Hall–Kier alpha value is 0.650. The van der Waals surface area contributed by atoms with Crippen molar-refractivity contribution in [3.63, 3.8) is 0 Å². The molecular formula is C12H28O6P2S. The van der Waals surface area contributed by atoms with E-state index in [1.807, 2.05) is 0 Å². The summed E-state index contributed by atoms with van der Waals surface area (Å²) in [4.78, 5) is 0. The summed E-state index contributed by atoms with van der Waals surface area (Å²) in [7, 11) is -2.97. The van der Waals surface area contributed by atoms with Crippen molar-refractivity contribution in [2.24, 2.45) is 0 Å². The van der Waals surface area contributed by atoms with Gasteiger partial charge in [0.25, 0.3) is 0 Å². The first-order chi connectivity index (χ1) is 9.95. The standard InChI is InChI=1S/C12H28O6P2S/c1-5-15-19(13,16-6-2)11-9-10-12-21-20(14,17-7-3)18-8-4/h5-12H2,1-4H3. The zero-order valence-corrected chi connectivity index (χ0v) is 16.0. The van der Waals surface area contributed by atoms with Crippen LogP contribution in [-0.4, -0.2) is 38.3 Å². The van der Waals surface area contributed by atoms with Crippen LogP contribution in [0.25, 0.3) is 0 Å². The van der Waals surface area contributed by atoms with Gasteiger partial charge in [-0.05, 0) is 51.9 Å². The first-order valence-electron chi connectivity index (χ1n) is 7.37. The molecule has 0 aliphatic heterocycles. The summed E-state index contributed by atoms with van der Waals surface area (Å²) in [5, 5.41) is 0. The molecule has 0 heterocycles. The molecule has 0 radical (unpaired) electrons. The fourth-order valence-corrected chi connectivity index (χ4v) is 6.85. The number of unbranched alkanes of at least 4 members (excludes halogenated alkanes) is 1. The number of hydrogen-bond acceptors (Lipinski definition) is 7. The van der Waals surface area contributed by atoms with Gasteiger partial charge in [-0.1, -0.05) is 0 Å². The predicted octanol–water partition coefficient (Wildman–Crippen LogP) is 4.95. The minimum absolute atomic E-state index is 0.355. The van der Waals surface area contributed by atoms with Gasteiger partial charge < -0.3 is 18.1 Å². The Balaban J connectivity index is 4.07. The molecule has 0 amide bonds. The zero-order valence-electron chi connectivity index (χ0n) is 13.4. The predicted molar refractivity (Wildman–Crippen MR) is 88.3 cm³/mol. The number of rotatable bonds is 14. The fraction of sp³-hybridized carbons (Fsp3) is 1.00. The smallest absolute Gasteiger partial charge is 0.309 e. The van der Waals surface area contributed by atoms with Crippen LogP contribution < -0.4 is 0 Å². The number of hydrogen-bond donors (Lipinski definition) is 0. The Bertz CT molecular complexity index is 301.